The molecule has 1 N–H and O–H groups in total. The molecule has 27 heteroatoms. The van der Waals surface area contributed by atoms with Crippen molar-refractivity contribution >= 4 is 74.7 Å². The van der Waals surface area contributed by atoms with Crippen molar-refractivity contribution in [3.05, 3.63) is 279 Å². The molecule has 0 spiro atoms. The number of pyridine rings is 3. The molecule has 0 saturated carbocycles. The molecule has 0 unspecified atom stereocenters. The van der Waals surface area contributed by atoms with Crippen molar-refractivity contribution in [2.75, 3.05) is 7.05 Å². The fourth-order valence-electron chi connectivity index (χ4n) is 10.6. The van der Waals surface area contributed by atoms with Crippen LogP contribution in [0.4, 0.5) is 0 Å². The normalized spacial score (nSPS) is 11.8. The van der Waals surface area contributed by atoms with E-state index in [1.54, 1.807) is 85.8 Å². The summed E-state index contributed by atoms with van der Waals surface area (Å²) in [5.74, 6) is 3.04. The molecular formula is C114H165N15O10S2. The molecule has 1 aromatic carbocycles. The van der Waals surface area contributed by atoms with E-state index in [9.17, 15) is 43.2 Å². The summed E-state index contributed by atoms with van der Waals surface area (Å²) in [6, 6.07) is 26.9. The van der Waals surface area contributed by atoms with E-state index < -0.39 is 0 Å². The van der Waals surface area contributed by atoms with Crippen LogP contribution in [0.1, 0.15) is 309 Å². The summed E-state index contributed by atoms with van der Waals surface area (Å²) in [7, 11) is 1.94. The maximum atomic E-state index is 11.6. The van der Waals surface area contributed by atoms with Gasteiger partial charge in [0.2, 0.25) is 5.89 Å². The highest BCUT2D eigenvalue weighted by Crippen LogP contribution is 2.30. The molecule has 1 aliphatic rings. The number of nitrogens with one attached hydrogen (secondary N) is 1. The molecule has 12 rings (SSSR count). The lowest BCUT2D eigenvalue weighted by Crippen LogP contribution is -2.22. The van der Waals surface area contributed by atoms with Gasteiger partial charge in [0, 0.05) is 182 Å². The molecule has 0 radical (unpaired) electrons. The number of benzene rings is 1. The van der Waals surface area contributed by atoms with E-state index in [-0.39, 0.29) is 120 Å². The lowest BCUT2D eigenvalue weighted by Gasteiger charge is -2.18. The number of hydrogen-bond acceptors (Lipinski definition) is 26. The van der Waals surface area contributed by atoms with Crippen LogP contribution in [0.2, 0.25) is 0 Å². The van der Waals surface area contributed by atoms with Crippen LogP contribution in [0.15, 0.2) is 211 Å². The SMILES string of the molecule is C.C=C1Cc2cnc(C(C)(C)C)cc2C1.CC(C)(C)C(=O)Cc1ccccc1.CC(C)(C)C(=O)Cc1ccccn1.CC(C)(C)C(=O)Cc1cccnc1.CC(C)(C)C(=O)Cc1cccnn1.CC(C)(C)C(=O)Cc1cnccn1.CC(C)(C)C(=O)Cc1cscn1.CC(C)(C)C(=O)Cc1ncccn1.CC(C)(C)C(=O)Cc1ncco1.CC(C)(C)C(=O)Cc1nccs1.CNCc1cnn(C(C)(C)C)c1. The average Bonchev–Trinajstić information content (AvgIpc) is 1.68. The largest absolute Gasteiger partial charge is 0.449 e. The van der Waals surface area contributed by atoms with E-state index in [0.29, 0.717) is 68.9 Å². The second kappa shape index (κ2) is 59.3. The number of Topliss-reactive ketones (excluding diaryl/α,β-unsaturated/α-hetero) is 9. The summed E-state index contributed by atoms with van der Waals surface area (Å²) in [6.45, 7) is 69.8. The standard InChI is InChI=1S/C13H17N.C12H16O.2C11H15NO.3C10H14N2O.C9H17N3.C9H13NO2.2C9H13NOS.CH4/c1-9-5-10-7-12(13(2,3)4)14-8-11(10)6-9;1-12(2,3)11(13)9-10-7-5-4-6-8-10;1-11(2,3)10(13)7-9-5-4-6-12-8-9;1-11(2,3)10(13)8-9-6-4-5-7-12-9;1-10(2,3)9(13)6-8-7-11-4-5-12-8;1-10(2,3)8(13)7-9-11-5-4-6-12-9;1-10(2,3)9(13)7-8-5-4-6-11-12-8;1-9(2,3)12-7-8(5-10-4)6-11-12;1-9(2,3)7(11)6-8-10-4-5-12-8;1-9(2,3)8(11)4-7-5-12-6-10-7;1-9(2,3)7(11)6-8-10-4-5-12-8;/h7-8H,1,5-6H2,2-4H3;4-8H,9H2,1-3H3;4-6,8H,7H2,1-3H3;4-7H,8H2,1-3H3;4-5,7H,6H2,1-3H3;2*4-6H,7H2,1-3H3;6-7,10H,5H2,1-4H3;4-5H,6H2,1-3H3;5-6H,4H2,1-3H3;4-5H,6H2,1-3H3;1H4. The minimum atomic E-state index is -0.311. The Morgan fingerprint density at radius 3 is 1.27 bits per heavy atom. The Labute approximate surface area is 851 Å². The molecule has 11 aromatic rings. The van der Waals surface area contributed by atoms with Gasteiger partial charge in [-0.3, -0.25) is 72.8 Å². The summed E-state index contributed by atoms with van der Waals surface area (Å²) in [5, 5.41) is 19.7. The molecule has 0 bridgehead atoms. The van der Waals surface area contributed by atoms with Gasteiger partial charge in [0.1, 0.15) is 64.1 Å². The van der Waals surface area contributed by atoms with E-state index in [1.165, 1.54) is 56.9 Å². The smallest absolute Gasteiger partial charge is 0.201 e. The first kappa shape index (κ1) is 127. The fraction of sp³-hybridized carbons (Fsp3) is 0.509. The molecule has 0 atom stereocenters. The van der Waals surface area contributed by atoms with Crippen molar-refractivity contribution in [3.8, 4) is 0 Å². The van der Waals surface area contributed by atoms with Crippen LogP contribution in [0.25, 0.3) is 0 Å². The van der Waals surface area contributed by atoms with Gasteiger partial charge in [0.15, 0.2) is 0 Å². The molecule has 10 heterocycles. The molecule has 768 valence electrons. The first-order valence-corrected chi connectivity index (χ1v) is 49.2. The Hall–Kier alpha value is -11.7. The molecule has 0 amide bonds. The molecule has 1 aliphatic carbocycles. The van der Waals surface area contributed by atoms with Crippen LogP contribution < -0.4 is 5.32 Å². The number of rotatable bonds is 20. The molecular weight excluding hydrogens is 1800 g/mol. The van der Waals surface area contributed by atoms with E-state index in [1.807, 2.05) is 289 Å². The van der Waals surface area contributed by atoms with Crippen molar-refractivity contribution in [2.24, 2.45) is 48.7 Å². The molecule has 10 aromatic heterocycles. The number of ketones is 9. The summed E-state index contributed by atoms with van der Waals surface area (Å²) in [4.78, 5) is 145. The summed E-state index contributed by atoms with van der Waals surface area (Å²) >= 11 is 3.06. The third kappa shape index (κ3) is 55.4. The van der Waals surface area contributed by atoms with Crippen LogP contribution in [-0.2, 0) is 131 Å². The second-order valence-electron chi connectivity index (χ2n) is 45.4. The summed E-state index contributed by atoms with van der Waals surface area (Å²) in [5.41, 5.74) is 11.4. The number of hydrogen-bond donors (Lipinski definition) is 1. The number of oxazole rings is 1. The van der Waals surface area contributed by atoms with Gasteiger partial charge in [-0.1, -0.05) is 270 Å². The number of carbonyl (C=O) groups excluding carboxylic acids is 9. The summed E-state index contributed by atoms with van der Waals surface area (Å²) < 4.78 is 6.95. The van der Waals surface area contributed by atoms with Crippen LogP contribution in [0, 0.1) is 48.7 Å². The third-order valence-electron chi connectivity index (χ3n) is 20.6. The van der Waals surface area contributed by atoms with Crippen LogP contribution in [0.3, 0.4) is 0 Å². The van der Waals surface area contributed by atoms with Crippen LogP contribution in [-0.4, -0.2) is 129 Å². The number of nitrogens with zero attached hydrogens (tertiary/aromatic N) is 14. The minimum Gasteiger partial charge on any atom is -0.449 e. The van der Waals surface area contributed by atoms with E-state index in [0.717, 1.165) is 58.3 Å². The number of thiazole rings is 2. The van der Waals surface area contributed by atoms with Crippen LogP contribution in [0.5, 0.6) is 0 Å². The topological polar surface area (TPSA) is 351 Å². The Morgan fingerprint density at radius 1 is 0.383 bits per heavy atom. The van der Waals surface area contributed by atoms with Gasteiger partial charge in [-0.15, -0.1) is 22.7 Å². The molecule has 141 heavy (non-hydrogen) atoms. The highest BCUT2D eigenvalue weighted by Gasteiger charge is 2.30. The monoisotopic (exact) mass is 1970 g/mol. The molecule has 25 nitrogen and oxygen atoms in total. The number of aromatic nitrogens is 14. The maximum absolute atomic E-state index is 11.6. The van der Waals surface area contributed by atoms with Gasteiger partial charge in [-0.25, -0.2) is 24.9 Å². The Bertz CT molecular complexity index is 4870. The fourth-order valence-corrected chi connectivity index (χ4v) is 11.8. The molecule has 0 saturated heterocycles. The van der Waals surface area contributed by atoms with E-state index in [2.05, 4.69) is 131 Å². The Kier molecular flexibility index (Phi) is 53.5. The zero-order chi connectivity index (χ0) is 106. The molecule has 0 aliphatic heterocycles. The summed E-state index contributed by atoms with van der Waals surface area (Å²) in [6.07, 6.45) is 31.5. The van der Waals surface area contributed by atoms with E-state index in [4.69, 9.17) is 4.42 Å². The lowest BCUT2D eigenvalue weighted by atomic mass is 9.87. The predicted molar refractivity (Wildman–Crippen MR) is 571 cm³/mol. The number of fused-ring (bicyclic) bond motifs is 1. The van der Waals surface area contributed by atoms with Crippen molar-refractivity contribution in [1.82, 2.24) is 75.1 Å². The van der Waals surface area contributed by atoms with Crippen molar-refractivity contribution in [1.29, 1.82) is 0 Å². The molecule has 0 fully saturated rings. The van der Waals surface area contributed by atoms with Crippen LogP contribution >= 0.6 is 22.7 Å². The van der Waals surface area contributed by atoms with Gasteiger partial charge < -0.3 is 9.73 Å². The zero-order valence-corrected chi connectivity index (χ0v) is 92.0. The van der Waals surface area contributed by atoms with Gasteiger partial charge >= 0.3 is 0 Å². The first-order chi connectivity index (χ1) is 64.5. The minimum absolute atomic E-state index is 0. The second-order valence-corrected chi connectivity index (χ2v) is 47.1. The third-order valence-corrected chi connectivity index (χ3v) is 22.0. The average molecular weight is 1970 g/mol. The van der Waals surface area contributed by atoms with Gasteiger partial charge in [-0.05, 0) is 105 Å². The lowest BCUT2D eigenvalue weighted by molar-refractivity contribution is -0.126. The van der Waals surface area contributed by atoms with Crippen molar-refractivity contribution in [3.63, 3.8) is 0 Å². The van der Waals surface area contributed by atoms with Crippen molar-refractivity contribution in [2.45, 2.75) is 324 Å². The highest BCUT2D eigenvalue weighted by atomic mass is 32.1. The Morgan fingerprint density at radius 2 is 0.837 bits per heavy atom. The predicted octanol–water partition coefficient (Wildman–Crippen LogP) is 23.7. The maximum Gasteiger partial charge on any atom is 0.201 e. The Balaban J connectivity index is 0.000000775. The number of allylic oxidation sites excluding steroid dienone is 1. The highest BCUT2D eigenvalue weighted by molar-refractivity contribution is 7.09. The number of carbonyl (C=O) groups is 9. The zero-order valence-electron chi connectivity index (χ0n) is 90.3. The van der Waals surface area contributed by atoms with Gasteiger partial charge in [-0.2, -0.15) is 15.3 Å². The first-order valence-electron chi connectivity index (χ1n) is 47.4. The van der Waals surface area contributed by atoms with Gasteiger partial charge in [0.05, 0.1) is 84.1 Å². The van der Waals surface area contributed by atoms with E-state index >= 15 is 0 Å². The van der Waals surface area contributed by atoms with Gasteiger partial charge in [0.25, 0.3) is 0 Å². The quantitative estimate of drug-likeness (QED) is 0.0693. The van der Waals surface area contributed by atoms with Crippen molar-refractivity contribution < 1.29 is 47.6 Å².